The molecule has 168 valence electrons. The molecule has 7 nitrogen and oxygen atoms in total. The van der Waals surface area contributed by atoms with Crippen molar-refractivity contribution < 1.29 is 14.3 Å². The van der Waals surface area contributed by atoms with Crippen LogP contribution in [-0.2, 0) is 20.8 Å². The molecule has 0 bridgehead atoms. The van der Waals surface area contributed by atoms with Gasteiger partial charge in [-0.25, -0.2) is 4.98 Å². The Hall–Kier alpha value is -1.44. The lowest BCUT2D eigenvalue weighted by Gasteiger charge is -2.51. The number of piperidine rings is 1. The lowest BCUT2D eigenvalue weighted by Crippen LogP contribution is -2.55. The molecule has 3 aliphatic rings. The summed E-state index contributed by atoms with van der Waals surface area (Å²) in [7, 11) is 1.95. The van der Waals surface area contributed by atoms with Gasteiger partial charge in [-0.3, -0.25) is 9.69 Å². The first-order chi connectivity index (χ1) is 14.6. The molecule has 0 N–H and O–H groups in total. The molecule has 1 aliphatic carbocycles. The van der Waals surface area contributed by atoms with Crippen LogP contribution >= 0.6 is 0 Å². The molecule has 4 rings (SSSR count). The van der Waals surface area contributed by atoms with E-state index in [0.717, 1.165) is 77.9 Å². The summed E-state index contributed by atoms with van der Waals surface area (Å²) in [6.07, 6.45) is 12.6. The van der Waals surface area contributed by atoms with Crippen LogP contribution in [0, 0.1) is 11.8 Å². The minimum absolute atomic E-state index is 0.277. The molecule has 0 aromatic carbocycles. The maximum absolute atomic E-state index is 12.9. The molecule has 2 saturated heterocycles. The third-order valence-corrected chi connectivity index (χ3v) is 7.22. The zero-order valence-corrected chi connectivity index (χ0v) is 18.7. The number of carbonyl (C=O) groups excluding carboxylic acids is 1. The number of imidazole rings is 1. The number of amides is 1. The summed E-state index contributed by atoms with van der Waals surface area (Å²) < 4.78 is 14.1. The van der Waals surface area contributed by atoms with E-state index in [1.807, 2.05) is 24.5 Å². The minimum atomic E-state index is -0.338. The average Bonchev–Trinajstić information content (AvgIpc) is 3.40. The number of rotatable bonds is 8. The Morgan fingerprint density at radius 3 is 2.87 bits per heavy atom. The average molecular weight is 419 g/mol. The molecule has 1 amide bonds. The zero-order chi connectivity index (χ0) is 21.0. The van der Waals surface area contributed by atoms with Crippen LogP contribution in [-0.4, -0.2) is 77.0 Å². The van der Waals surface area contributed by atoms with Crippen LogP contribution < -0.4 is 0 Å². The maximum atomic E-state index is 12.9. The Bertz CT molecular complexity index is 674. The predicted octanol–water partition coefficient (Wildman–Crippen LogP) is 2.77. The molecule has 1 saturated carbocycles. The van der Waals surface area contributed by atoms with Gasteiger partial charge < -0.3 is 18.9 Å². The van der Waals surface area contributed by atoms with Crippen LogP contribution in [0.4, 0.5) is 0 Å². The Morgan fingerprint density at radius 1 is 1.30 bits per heavy atom. The van der Waals surface area contributed by atoms with Gasteiger partial charge in [-0.2, -0.15) is 0 Å². The van der Waals surface area contributed by atoms with Gasteiger partial charge in [0.25, 0.3) is 0 Å². The van der Waals surface area contributed by atoms with E-state index in [-0.39, 0.29) is 11.7 Å². The summed E-state index contributed by atoms with van der Waals surface area (Å²) in [5.74, 6) is 0.938. The molecule has 0 unspecified atom stereocenters. The van der Waals surface area contributed by atoms with Gasteiger partial charge in [-0.15, -0.1) is 0 Å². The van der Waals surface area contributed by atoms with Crippen molar-refractivity contribution in [2.24, 2.45) is 11.8 Å². The minimum Gasteiger partial charge on any atom is -0.348 e. The van der Waals surface area contributed by atoms with Crippen molar-refractivity contribution >= 4 is 5.91 Å². The quantitative estimate of drug-likeness (QED) is 0.650. The molecule has 1 aromatic heterocycles. The van der Waals surface area contributed by atoms with Gasteiger partial charge in [-0.05, 0) is 44.1 Å². The van der Waals surface area contributed by atoms with Crippen molar-refractivity contribution in [1.82, 2.24) is 19.4 Å². The first-order valence-corrected chi connectivity index (χ1v) is 11.8. The lowest BCUT2D eigenvalue weighted by atomic mass is 9.72. The fraction of sp³-hybridized carbons (Fsp3) is 0.826. The number of fused-ring (bicyclic) bond motifs is 1. The van der Waals surface area contributed by atoms with Crippen LogP contribution in [0.15, 0.2) is 18.7 Å². The Morgan fingerprint density at radius 2 is 2.13 bits per heavy atom. The largest absolute Gasteiger partial charge is 0.348 e. The van der Waals surface area contributed by atoms with Crippen molar-refractivity contribution in [3.05, 3.63) is 18.7 Å². The highest BCUT2D eigenvalue weighted by atomic mass is 16.7. The number of aromatic nitrogens is 2. The van der Waals surface area contributed by atoms with Crippen LogP contribution in [0.25, 0.3) is 0 Å². The Balaban J connectivity index is 1.30. The maximum Gasteiger partial charge on any atom is 0.222 e. The highest BCUT2D eigenvalue weighted by molar-refractivity contribution is 5.76. The standard InChI is InChI=1S/C23H38N4O3/c1-3-8-27-17-19(14-20-16-23(6-5-21(20)27)29-12-13-30-23)15-22(28)25(2)9-4-10-26-11-7-24-18-26/h7,11,18-21H,3-6,8-10,12-17H2,1-2H3/t19-,20-,21-/m1/s1. The van der Waals surface area contributed by atoms with Gasteiger partial charge in [0, 0.05) is 64.4 Å². The van der Waals surface area contributed by atoms with Crippen molar-refractivity contribution in [3.8, 4) is 0 Å². The summed E-state index contributed by atoms with van der Waals surface area (Å²) >= 11 is 0. The lowest BCUT2D eigenvalue weighted by molar-refractivity contribution is -0.203. The normalized spacial score (nSPS) is 28.5. The van der Waals surface area contributed by atoms with E-state index in [4.69, 9.17) is 9.47 Å². The zero-order valence-electron chi connectivity index (χ0n) is 18.7. The SMILES string of the molecule is CCCN1C[C@@H](CC(=O)N(C)CCCn2ccnc2)C[C@@H]2CC3(CC[C@H]21)OCCO3. The number of aryl methyl sites for hydroxylation is 1. The molecule has 1 spiro atoms. The van der Waals surface area contributed by atoms with Gasteiger partial charge in [0.05, 0.1) is 19.5 Å². The molecule has 3 atom stereocenters. The molecule has 1 aromatic rings. The van der Waals surface area contributed by atoms with Crippen LogP contribution in [0.2, 0.25) is 0 Å². The number of nitrogens with zero attached hydrogens (tertiary/aromatic N) is 4. The highest BCUT2D eigenvalue weighted by Crippen LogP contribution is 2.45. The van der Waals surface area contributed by atoms with Crippen molar-refractivity contribution in [1.29, 1.82) is 0 Å². The van der Waals surface area contributed by atoms with Gasteiger partial charge in [-0.1, -0.05) is 6.92 Å². The van der Waals surface area contributed by atoms with Gasteiger partial charge in [0.15, 0.2) is 5.79 Å². The van der Waals surface area contributed by atoms with Crippen LogP contribution in [0.5, 0.6) is 0 Å². The highest BCUT2D eigenvalue weighted by Gasteiger charge is 2.48. The first-order valence-electron chi connectivity index (χ1n) is 11.8. The monoisotopic (exact) mass is 418 g/mol. The molecular formula is C23H38N4O3. The Kier molecular flexibility index (Phi) is 7.11. The Labute approximate surface area is 180 Å². The van der Waals surface area contributed by atoms with Crippen LogP contribution in [0.1, 0.15) is 51.9 Å². The summed E-state index contributed by atoms with van der Waals surface area (Å²) in [5, 5.41) is 0. The van der Waals surface area contributed by atoms with Crippen molar-refractivity contribution in [2.75, 3.05) is 39.9 Å². The third kappa shape index (κ3) is 5.06. The van der Waals surface area contributed by atoms with E-state index < -0.39 is 0 Å². The van der Waals surface area contributed by atoms with Gasteiger partial charge in [0.2, 0.25) is 5.91 Å². The van der Waals surface area contributed by atoms with E-state index >= 15 is 0 Å². The molecule has 0 radical (unpaired) electrons. The second-order valence-corrected chi connectivity index (χ2v) is 9.45. The number of hydrogen-bond acceptors (Lipinski definition) is 5. The fourth-order valence-electron chi connectivity index (χ4n) is 5.82. The van der Waals surface area contributed by atoms with E-state index in [9.17, 15) is 4.79 Å². The van der Waals surface area contributed by atoms with Crippen molar-refractivity contribution in [3.63, 3.8) is 0 Å². The number of hydrogen-bond donors (Lipinski definition) is 0. The van der Waals surface area contributed by atoms with E-state index in [2.05, 4.69) is 21.4 Å². The molecule has 7 heteroatoms. The second kappa shape index (κ2) is 9.79. The predicted molar refractivity (Wildman–Crippen MR) is 115 cm³/mol. The first kappa shape index (κ1) is 21.8. The molecule has 30 heavy (non-hydrogen) atoms. The van der Waals surface area contributed by atoms with Crippen LogP contribution in [0.3, 0.4) is 0 Å². The summed E-state index contributed by atoms with van der Waals surface area (Å²) in [6.45, 7) is 7.57. The number of likely N-dealkylation sites (tertiary alicyclic amines) is 1. The molecule has 3 fully saturated rings. The summed E-state index contributed by atoms with van der Waals surface area (Å²) in [6, 6.07) is 0.627. The third-order valence-electron chi connectivity index (χ3n) is 7.22. The number of ether oxygens (including phenoxy) is 2. The molecule has 2 aliphatic heterocycles. The molecular weight excluding hydrogens is 380 g/mol. The smallest absolute Gasteiger partial charge is 0.222 e. The summed E-state index contributed by atoms with van der Waals surface area (Å²) in [4.78, 5) is 21.6. The van der Waals surface area contributed by atoms with Crippen molar-refractivity contribution in [2.45, 2.75) is 70.2 Å². The van der Waals surface area contributed by atoms with E-state index in [1.54, 1.807) is 6.20 Å². The fourth-order valence-corrected chi connectivity index (χ4v) is 5.82. The number of carbonyl (C=O) groups is 1. The van der Waals surface area contributed by atoms with Gasteiger partial charge in [0.1, 0.15) is 0 Å². The van der Waals surface area contributed by atoms with E-state index in [1.165, 1.54) is 0 Å². The molecule has 3 heterocycles. The van der Waals surface area contributed by atoms with Gasteiger partial charge >= 0.3 is 0 Å². The van der Waals surface area contributed by atoms with E-state index in [0.29, 0.717) is 24.3 Å². The second-order valence-electron chi connectivity index (χ2n) is 9.45. The topological polar surface area (TPSA) is 59.8 Å². The summed E-state index contributed by atoms with van der Waals surface area (Å²) in [5.41, 5.74) is 0.